The van der Waals surface area contributed by atoms with Crippen molar-refractivity contribution in [1.82, 2.24) is 10.7 Å². The first-order valence-corrected chi connectivity index (χ1v) is 10.2. The van der Waals surface area contributed by atoms with Crippen molar-refractivity contribution < 1.29 is 19.1 Å². The lowest BCUT2D eigenvalue weighted by atomic mass is 10.2. The molecule has 0 spiro atoms. The van der Waals surface area contributed by atoms with Crippen LogP contribution in [0.25, 0.3) is 0 Å². The molecule has 0 aliphatic carbocycles. The van der Waals surface area contributed by atoms with Crippen molar-refractivity contribution in [3.05, 3.63) is 58.1 Å². The summed E-state index contributed by atoms with van der Waals surface area (Å²) in [4.78, 5) is 35.3. The van der Waals surface area contributed by atoms with Crippen LogP contribution in [0.15, 0.2) is 47.6 Å². The molecular formula is C21H22Cl2N4O4. The number of benzene rings is 2. The number of amides is 3. The summed E-state index contributed by atoms with van der Waals surface area (Å²) >= 11 is 12.2. The first kappa shape index (κ1) is 24.2. The molecule has 0 aliphatic rings. The second-order valence-electron chi connectivity index (χ2n) is 6.49. The second kappa shape index (κ2) is 11.9. The minimum absolute atomic E-state index is 0.111. The number of carbonyl (C=O) groups excluding carboxylic acids is 3. The van der Waals surface area contributed by atoms with Crippen molar-refractivity contribution >= 4 is 52.8 Å². The highest BCUT2D eigenvalue weighted by atomic mass is 35.5. The molecule has 1 atom stereocenters. The van der Waals surface area contributed by atoms with E-state index in [4.69, 9.17) is 27.9 Å². The van der Waals surface area contributed by atoms with E-state index in [1.807, 2.05) is 6.92 Å². The largest absolute Gasteiger partial charge is 0.482 e. The Morgan fingerprint density at radius 1 is 1.10 bits per heavy atom. The molecule has 2 rings (SSSR count). The van der Waals surface area contributed by atoms with E-state index < -0.39 is 17.7 Å². The van der Waals surface area contributed by atoms with E-state index >= 15 is 0 Å². The number of anilines is 1. The molecule has 164 valence electrons. The fourth-order valence-electron chi connectivity index (χ4n) is 2.21. The van der Waals surface area contributed by atoms with Gasteiger partial charge in [-0.1, -0.05) is 42.3 Å². The van der Waals surface area contributed by atoms with E-state index in [-0.39, 0.29) is 17.7 Å². The molecule has 0 aliphatic heterocycles. The van der Waals surface area contributed by atoms with E-state index in [0.717, 1.165) is 0 Å². The number of hydrazone groups is 1. The van der Waals surface area contributed by atoms with E-state index in [2.05, 4.69) is 21.2 Å². The lowest BCUT2D eigenvalue weighted by molar-refractivity contribution is -0.139. The Bertz CT molecular complexity index is 982. The molecule has 31 heavy (non-hydrogen) atoms. The van der Waals surface area contributed by atoms with Gasteiger partial charge in [-0.3, -0.25) is 14.4 Å². The van der Waals surface area contributed by atoms with Crippen molar-refractivity contribution in [2.45, 2.75) is 26.3 Å². The van der Waals surface area contributed by atoms with Crippen LogP contribution < -0.4 is 20.8 Å². The Hall–Kier alpha value is -3.10. The van der Waals surface area contributed by atoms with Crippen LogP contribution in [0.4, 0.5) is 5.69 Å². The van der Waals surface area contributed by atoms with Gasteiger partial charge >= 0.3 is 11.8 Å². The van der Waals surface area contributed by atoms with Gasteiger partial charge in [0.2, 0.25) is 0 Å². The molecule has 0 saturated carbocycles. The molecule has 10 heteroatoms. The van der Waals surface area contributed by atoms with Crippen molar-refractivity contribution in [1.29, 1.82) is 0 Å². The highest BCUT2D eigenvalue weighted by molar-refractivity contribution is 6.35. The van der Waals surface area contributed by atoms with Crippen LogP contribution in [0.1, 0.15) is 25.8 Å². The molecule has 2 aromatic carbocycles. The van der Waals surface area contributed by atoms with Gasteiger partial charge in [0, 0.05) is 6.04 Å². The van der Waals surface area contributed by atoms with Gasteiger partial charge in [0.15, 0.2) is 6.61 Å². The van der Waals surface area contributed by atoms with Gasteiger partial charge in [0.1, 0.15) is 5.75 Å². The third-order valence-corrected chi connectivity index (χ3v) is 4.66. The lowest BCUT2D eigenvalue weighted by Crippen LogP contribution is -2.41. The number of carbonyl (C=O) groups is 3. The number of nitrogens with one attached hydrogen (secondary N) is 3. The number of ether oxygens (including phenoxy) is 1. The molecule has 3 amide bonds. The third-order valence-electron chi connectivity index (χ3n) is 4.04. The molecule has 0 fully saturated rings. The molecule has 3 N–H and O–H groups in total. The zero-order chi connectivity index (χ0) is 22.8. The van der Waals surface area contributed by atoms with Gasteiger partial charge in [-0.05, 0) is 49.2 Å². The standard InChI is InChI=1S/C21H22Cl2N4O4/c1-3-13(2)25-20(29)21(30)27-24-11-14-8-9-18(16(23)10-14)31-12-19(28)26-17-7-5-4-6-15(17)22/h4-11,13H,3,12H2,1-2H3,(H,25,29)(H,26,28)(H,27,30)/b24-11-/t13-/m0/s1. The zero-order valence-electron chi connectivity index (χ0n) is 16.9. The SMILES string of the molecule is CC[C@H](C)NC(=O)C(=O)N/N=C\c1ccc(OCC(=O)Nc2ccccc2Cl)c(Cl)c1. The van der Waals surface area contributed by atoms with Gasteiger partial charge in [-0.2, -0.15) is 5.10 Å². The fourth-order valence-corrected chi connectivity index (χ4v) is 2.64. The first-order valence-electron chi connectivity index (χ1n) is 9.40. The van der Waals surface area contributed by atoms with Crippen LogP contribution in [0.2, 0.25) is 10.0 Å². The maximum atomic E-state index is 12.0. The number of nitrogens with zero attached hydrogens (tertiary/aromatic N) is 1. The molecule has 8 nitrogen and oxygen atoms in total. The summed E-state index contributed by atoms with van der Waals surface area (Å²) < 4.78 is 5.43. The number of hydrogen-bond acceptors (Lipinski definition) is 5. The van der Waals surface area contributed by atoms with Gasteiger partial charge in [-0.15, -0.1) is 0 Å². The first-order chi connectivity index (χ1) is 14.8. The molecule has 0 aromatic heterocycles. The van der Waals surface area contributed by atoms with Crippen molar-refractivity contribution in [2.75, 3.05) is 11.9 Å². The molecule has 0 radical (unpaired) electrons. The summed E-state index contributed by atoms with van der Waals surface area (Å²) in [6, 6.07) is 11.5. The predicted molar refractivity (Wildman–Crippen MR) is 121 cm³/mol. The Morgan fingerprint density at radius 3 is 2.52 bits per heavy atom. The van der Waals surface area contributed by atoms with Gasteiger partial charge in [0.25, 0.3) is 5.91 Å². The topological polar surface area (TPSA) is 109 Å². The van der Waals surface area contributed by atoms with Crippen molar-refractivity contribution in [2.24, 2.45) is 5.10 Å². The summed E-state index contributed by atoms with van der Waals surface area (Å²) in [5, 5.41) is 9.57. The Morgan fingerprint density at radius 2 is 1.84 bits per heavy atom. The summed E-state index contributed by atoms with van der Waals surface area (Å²) in [7, 11) is 0. The van der Waals surface area contributed by atoms with Gasteiger partial charge < -0.3 is 15.4 Å². The van der Waals surface area contributed by atoms with E-state index in [9.17, 15) is 14.4 Å². The van der Waals surface area contributed by atoms with Crippen LogP contribution >= 0.6 is 23.2 Å². The van der Waals surface area contributed by atoms with E-state index in [0.29, 0.717) is 28.4 Å². The molecule has 2 aromatic rings. The Kier molecular flexibility index (Phi) is 9.30. The molecular weight excluding hydrogens is 443 g/mol. The summed E-state index contributed by atoms with van der Waals surface area (Å²) in [6.45, 7) is 3.42. The summed E-state index contributed by atoms with van der Waals surface area (Å²) in [5.74, 6) is -1.73. The van der Waals surface area contributed by atoms with Crippen molar-refractivity contribution in [3.63, 3.8) is 0 Å². The monoisotopic (exact) mass is 464 g/mol. The third kappa shape index (κ3) is 7.92. The quantitative estimate of drug-likeness (QED) is 0.316. The summed E-state index contributed by atoms with van der Waals surface area (Å²) in [5.41, 5.74) is 3.18. The van der Waals surface area contributed by atoms with Crippen LogP contribution in [-0.2, 0) is 14.4 Å². The molecule has 0 saturated heterocycles. The molecule has 0 unspecified atom stereocenters. The van der Waals surface area contributed by atoms with Crippen LogP contribution in [0.5, 0.6) is 5.75 Å². The lowest BCUT2D eigenvalue weighted by Gasteiger charge is -2.10. The summed E-state index contributed by atoms with van der Waals surface area (Å²) in [6.07, 6.45) is 2.03. The average molecular weight is 465 g/mol. The fraction of sp³-hybridized carbons (Fsp3) is 0.238. The second-order valence-corrected chi connectivity index (χ2v) is 7.30. The number of halogens is 2. The zero-order valence-corrected chi connectivity index (χ0v) is 18.5. The number of rotatable bonds is 8. The maximum absolute atomic E-state index is 12.0. The highest BCUT2D eigenvalue weighted by Crippen LogP contribution is 2.25. The maximum Gasteiger partial charge on any atom is 0.329 e. The van der Waals surface area contributed by atoms with E-state index in [1.165, 1.54) is 12.3 Å². The minimum Gasteiger partial charge on any atom is -0.482 e. The smallest absolute Gasteiger partial charge is 0.329 e. The predicted octanol–water partition coefficient (Wildman–Crippen LogP) is 3.38. The van der Waals surface area contributed by atoms with E-state index in [1.54, 1.807) is 43.3 Å². The number of hydrogen-bond donors (Lipinski definition) is 3. The number of para-hydroxylation sites is 1. The van der Waals surface area contributed by atoms with Crippen LogP contribution in [0.3, 0.4) is 0 Å². The Balaban J connectivity index is 1.86. The normalized spacial score (nSPS) is 11.6. The molecule has 0 heterocycles. The van der Waals surface area contributed by atoms with Gasteiger partial charge in [-0.25, -0.2) is 5.43 Å². The van der Waals surface area contributed by atoms with Gasteiger partial charge in [0.05, 0.1) is 21.9 Å². The highest BCUT2D eigenvalue weighted by Gasteiger charge is 2.14. The Labute approximate surface area is 189 Å². The van der Waals surface area contributed by atoms with Crippen LogP contribution in [0, 0.1) is 0 Å². The molecule has 0 bridgehead atoms. The van der Waals surface area contributed by atoms with Crippen molar-refractivity contribution in [3.8, 4) is 5.75 Å². The minimum atomic E-state index is -0.868. The average Bonchev–Trinajstić information content (AvgIpc) is 2.74. The van der Waals surface area contributed by atoms with Crippen LogP contribution in [-0.4, -0.2) is 36.6 Å².